The van der Waals surface area contributed by atoms with Gasteiger partial charge in [-0.15, -0.1) is 0 Å². The summed E-state index contributed by atoms with van der Waals surface area (Å²) in [6.07, 6.45) is 2.15. The van der Waals surface area contributed by atoms with Crippen molar-refractivity contribution in [2.75, 3.05) is 6.61 Å². The predicted molar refractivity (Wildman–Crippen MR) is 70.2 cm³/mol. The first kappa shape index (κ1) is 10.2. The molecule has 0 spiro atoms. The van der Waals surface area contributed by atoms with Gasteiger partial charge in [-0.3, -0.25) is 0 Å². The molecule has 0 fully saturated rings. The van der Waals surface area contributed by atoms with Gasteiger partial charge < -0.3 is 4.74 Å². The van der Waals surface area contributed by atoms with E-state index in [1.807, 2.05) is 12.1 Å². The van der Waals surface area contributed by atoms with E-state index in [1.165, 1.54) is 22.3 Å². The van der Waals surface area contributed by atoms with E-state index in [0.29, 0.717) is 6.61 Å². The number of hydrogen-bond acceptors (Lipinski definition) is 1. The van der Waals surface area contributed by atoms with Gasteiger partial charge in [-0.25, -0.2) is 0 Å². The lowest BCUT2D eigenvalue weighted by molar-refractivity contribution is 0.357. The molecule has 0 unspecified atom stereocenters. The molecule has 2 aromatic carbocycles. The molecule has 0 saturated heterocycles. The van der Waals surface area contributed by atoms with Gasteiger partial charge in [0.25, 0.3) is 0 Å². The fraction of sp³-hybridized carbons (Fsp3) is 0.125. The molecule has 0 saturated carbocycles. The Balaban J connectivity index is 2.09. The Morgan fingerprint density at radius 2 is 1.71 bits per heavy atom. The first-order valence-corrected chi connectivity index (χ1v) is 5.84. The largest absolute Gasteiger partial charge is 0.489 e. The van der Waals surface area contributed by atoms with Crippen LogP contribution in [0.1, 0.15) is 16.7 Å². The monoisotopic (exact) mass is 222 g/mol. The summed E-state index contributed by atoms with van der Waals surface area (Å²) in [5.74, 6) is 0.977. The molecule has 0 bridgehead atoms. The van der Waals surface area contributed by atoms with Crippen molar-refractivity contribution in [2.45, 2.75) is 6.92 Å². The summed E-state index contributed by atoms with van der Waals surface area (Å²) in [6, 6.07) is 16.8. The van der Waals surface area contributed by atoms with Gasteiger partial charge in [0.2, 0.25) is 0 Å². The van der Waals surface area contributed by atoms with Crippen molar-refractivity contribution in [3.8, 4) is 5.75 Å². The van der Waals surface area contributed by atoms with Gasteiger partial charge in [0.1, 0.15) is 12.4 Å². The van der Waals surface area contributed by atoms with E-state index in [-0.39, 0.29) is 0 Å². The van der Waals surface area contributed by atoms with Gasteiger partial charge in [-0.1, -0.05) is 48.0 Å². The number of fused-ring (bicyclic) bond motifs is 1. The van der Waals surface area contributed by atoms with Crippen molar-refractivity contribution in [1.82, 2.24) is 0 Å². The number of rotatable bonds is 1. The second-order valence-corrected chi connectivity index (χ2v) is 4.29. The molecule has 84 valence electrons. The highest BCUT2D eigenvalue weighted by Gasteiger charge is 2.13. The minimum Gasteiger partial charge on any atom is -0.489 e. The maximum atomic E-state index is 5.62. The highest BCUT2D eigenvalue weighted by molar-refractivity contribution is 5.83. The summed E-state index contributed by atoms with van der Waals surface area (Å²) in [5.41, 5.74) is 5.00. The number of para-hydroxylation sites is 1. The normalized spacial score (nSPS) is 13.6. The van der Waals surface area contributed by atoms with Gasteiger partial charge in [0.15, 0.2) is 0 Å². The molecule has 17 heavy (non-hydrogen) atoms. The van der Waals surface area contributed by atoms with Crippen LogP contribution >= 0.6 is 0 Å². The van der Waals surface area contributed by atoms with Crippen molar-refractivity contribution < 1.29 is 4.74 Å². The first-order valence-electron chi connectivity index (χ1n) is 5.84. The third-order valence-electron chi connectivity index (χ3n) is 3.07. The zero-order valence-electron chi connectivity index (χ0n) is 9.81. The van der Waals surface area contributed by atoms with Crippen LogP contribution in [0.4, 0.5) is 0 Å². The van der Waals surface area contributed by atoms with E-state index in [9.17, 15) is 0 Å². The Bertz CT molecular complexity index is 564. The van der Waals surface area contributed by atoms with Gasteiger partial charge in [-0.05, 0) is 30.2 Å². The van der Waals surface area contributed by atoms with Crippen LogP contribution in [-0.4, -0.2) is 6.61 Å². The van der Waals surface area contributed by atoms with Crippen LogP contribution in [0, 0.1) is 6.92 Å². The fourth-order valence-corrected chi connectivity index (χ4v) is 2.15. The Kier molecular flexibility index (Phi) is 2.45. The number of ether oxygens (including phenoxy) is 1. The molecule has 0 aromatic heterocycles. The second kappa shape index (κ2) is 4.10. The SMILES string of the molecule is Cc1ccc(C2=CCOc3ccccc32)cc1. The molecule has 2 aromatic rings. The van der Waals surface area contributed by atoms with Crippen LogP contribution in [0.3, 0.4) is 0 Å². The maximum absolute atomic E-state index is 5.62. The van der Waals surface area contributed by atoms with E-state index in [1.54, 1.807) is 0 Å². The van der Waals surface area contributed by atoms with E-state index in [4.69, 9.17) is 4.74 Å². The Morgan fingerprint density at radius 1 is 0.941 bits per heavy atom. The van der Waals surface area contributed by atoms with Crippen molar-refractivity contribution >= 4 is 5.57 Å². The molecule has 0 atom stereocenters. The molecular formula is C16H14O. The lowest BCUT2D eigenvalue weighted by Gasteiger charge is -2.18. The van der Waals surface area contributed by atoms with Gasteiger partial charge in [0, 0.05) is 5.56 Å². The maximum Gasteiger partial charge on any atom is 0.127 e. The molecular weight excluding hydrogens is 208 g/mol. The van der Waals surface area contributed by atoms with Crippen LogP contribution < -0.4 is 4.74 Å². The third-order valence-corrected chi connectivity index (χ3v) is 3.07. The number of aryl methyl sites for hydroxylation is 1. The summed E-state index contributed by atoms with van der Waals surface area (Å²) in [6.45, 7) is 2.76. The van der Waals surface area contributed by atoms with Crippen molar-refractivity contribution in [3.63, 3.8) is 0 Å². The van der Waals surface area contributed by atoms with Crippen LogP contribution in [0.2, 0.25) is 0 Å². The lowest BCUT2D eigenvalue weighted by Crippen LogP contribution is -2.05. The molecule has 3 rings (SSSR count). The molecule has 0 N–H and O–H groups in total. The smallest absolute Gasteiger partial charge is 0.127 e. The average molecular weight is 222 g/mol. The molecule has 1 heterocycles. The van der Waals surface area contributed by atoms with Crippen molar-refractivity contribution in [1.29, 1.82) is 0 Å². The minimum absolute atomic E-state index is 0.653. The quantitative estimate of drug-likeness (QED) is 0.712. The molecule has 0 radical (unpaired) electrons. The highest BCUT2D eigenvalue weighted by atomic mass is 16.5. The topological polar surface area (TPSA) is 9.23 Å². The van der Waals surface area contributed by atoms with E-state index < -0.39 is 0 Å². The van der Waals surface area contributed by atoms with E-state index >= 15 is 0 Å². The van der Waals surface area contributed by atoms with Gasteiger partial charge >= 0.3 is 0 Å². The van der Waals surface area contributed by atoms with Crippen molar-refractivity contribution in [3.05, 3.63) is 71.3 Å². The van der Waals surface area contributed by atoms with Crippen LogP contribution in [0.25, 0.3) is 5.57 Å². The predicted octanol–water partition coefficient (Wildman–Crippen LogP) is 3.82. The summed E-state index contributed by atoms with van der Waals surface area (Å²) < 4.78 is 5.62. The molecule has 1 heteroatoms. The average Bonchev–Trinajstić information content (AvgIpc) is 2.39. The standard InChI is InChI=1S/C16H14O/c1-12-6-8-13(9-7-12)14-10-11-17-16-5-3-2-4-15(14)16/h2-10H,11H2,1H3. The van der Waals surface area contributed by atoms with E-state index in [0.717, 1.165) is 5.75 Å². The summed E-state index contributed by atoms with van der Waals surface area (Å²) in [5, 5.41) is 0. The number of hydrogen-bond donors (Lipinski definition) is 0. The minimum atomic E-state index is 0.653. The Labute approximate surface area is 101 Å². The summed E-state index contributed by atoms with van der Waals surface area (Å²) in [4.78, 5) is 0. The first-order chi connectivity index (χ1) is 8.34. The van der Waals surface area contributed by atoms with Crippen molar-refractivity contribution in [2.24, 2.45) is 0 Å². The number of benzene rings is 2. The lowest BCUT2D eigenvalue weighted by atomic mass is 9.95. The van der Waals surface area contributed by atoms with Crippen LogP contribution in [0.5, 0.6) is 5.75 Å². The zero-order valence-corrected chi connectivity index (χ0v) is 9.81. The summed E-state index contributed by atoms with van der Waals surface area (Å²) in [7, 11) is 0. The summed E-state index contributed by atoms with van der Waals surface area (Å²) >= 11 is 0. The molecule has 0 amide bonds. The zero-order chi connectivity index (χ0) is 11.7. The molecule has 1 nitrogen and oxygen atoms in total. The molecule has 1 aliphatic rings. The third kappa shape index (κ3) is 1.84. The van der Waals surface area contributed by atoms with E-state index in [2.05, 4.69) is 49.4 Å². The van der Waals surface area contributed by atoms with Crippen LogP contribution in [0.15, 0.2) is 54.6 Å². The highest BCUT2D eigenvalue weighted by Crippen LogP contribution is 2.33. The second-order valence-electron chi connectivity index (χ2n) is 4.29. The Morgan fingerprint density at radius 3 is 2.53 bits per heavy atom. The van der Waals surface area contributed by atoms with Gasteiger partial charge in [-0.2, -0.15) is 0 Å². The molecule has 1 aliphatic heterocycles. The Hall–Kier alpha value is -2.02. The van der Waals surface area contributed by atoms with Crippen LogP contribution in [-0.2, 0) is 0 Å². The molecule has 0 aliphatic carbocycles. The van der Waals surface area contributed by atoms with Gasteiger partial charge in [0.05, 0.1) is 0 Å². The fourth-order valence-electron chi connectivity index (χ4n) is 2.15.